The van der Waals surface area contributed by atoms with Gasteiger partial charge < -0.3 is 14.7 Å². The Labute approximate surface area is 208 Å². The van der Waals surface area contributed by atoms with Crippen LogP contribution in [-0.4, -0.2) is 77.8 Å². The monoisotopic (exact) mass is 463 g/mol. The minimum atomic E-state index is 0.862. The van der Waals surface area contributed by atoms with Gasteiger partial charge in [0.15, 0.2) is 0 Å². The first kappa shape index (κ1) is 26.1. The summed E-state index contributed by atoms with van der Waals surface area (Å²) in [7, 11) is 0. The number of hydrogen-bond donors (Lipinski definition) is 0. The lowest BCUT2D eigenvalue weighted by atomic mass is 9.97. The van der Waals surface area contributed by atoms with Crippen molar-refractivity contribution < 1.29 is 0 Å². The Bertz CT molecular complexity index is 942. The summed E-state index contributed by atoms with van der Waals surface area (Å²) in [5, 5.41) is 0. The number of allylic oxidation sites excluding steroid dienone is 3. The molecule has 1 aromatic carbocycles. The van der Waals surface area contributed by atoms with Gasteiger partial charge in [0.2, 0.25) is 0 Å². The average Bonchev–Trinajstić information content (AvgIpc) is 2.80. The lowest BCUT2D eigenvalue weighted by Gasteiger charge is -2.38. The van der Waals surface area contributed by atoms with E-state index in [-0.39, 0.29) is 0 Å². The van der Waals surface area contributed by atoms with Crippen molar-refractivity contribution in [2.24, 2.45) is 4.99 Å². The molecule has 2 fully saturated rings. The molecule has 0 unspecified atom stereocenters. The Morgan fingerprint density at radius 1 is 0.853 bits per heavy atom. The van der Waals surface area contributed by atoms with Crippen LogP contribution in [0.1, 0.15) is 56.4 Å². The molecule has 0 aromatic heterocycles. The van der Waals surface area contributed by atoms with Gasteiger partial charge in [-0.25, -0.2) is 4.99 Å². The van der Waals surface area contributed by atoms with Crippen LogP contribution in [0.4, 0.5) is 0 Å². The molecule has 2 saturated heterocycles. The molecule has 2 aliphatic rings. The van der Waals surface area contributed by atoms with E-state index in [0.717, 1.165) is 82.6 Å². The fraction of sp³-hybridized carbons (Fsp3) is 0.552. The highest BCUT2D eigenvalue weighted by Gasteiger charge is 2.22. The Balaban J connectivity index is 1.64. The zero-order chi connectivity index (χ0) is 24.8. The van der Waals surface area contributed by atoms with Crippen molar-refractivity contribution in [1.29, 1.82) is 0 Å². The van der Waals surface area contributed by atoms with E-state index in [2.05, 4.69) is 90.6 Å². The number of benzene rings is 1. The highest BCUT2D eigenvalue weighted by atomic mass is 15.3. The molecule has 0 aliphatic carbocycles. The molecule has 34 heavy (non-hydrogen) atoms. The first-order valence-corrected chi connectivity index (χ1v) is 12.8. The van der Waals surface area contributed by atoms with Gasteiger partial charge in [-0.05, 0) is 63.8 Å². The van der Waals surface area contributed by atoms with Gasteiger partial charge in [-0.15, -0.1) is 0 Å². The first-order valence-electron chi connectivity index (χ1n) is 12.8. The van der Waals surface area contributed by atoms with E-state index < -0.39 is 0 Å². The molecule has 0 spiro atoms. The number of aryl methyl sites for hydroxylation is 2. The normalized spacial score (nSPS) is 18.5. The number of rotatable bonds is 7. The highest BCUT2D eigenvalue weighted by Crippen LogP contribution is 2.27. The summed E-state index contributed by atoms with van der Waals surface area (Å²) in [6.07, 6.45) is 3.45. The maximum absolute atomic E-state index is 4.54. The van der Waals surface area contributed by atoms with Crippen LogP contribution >= 0.6 is 0 Å². The second-order valence-corrected chi connectivity index (χ2v) is 9.93. The molecule has 2 aliphatic heterocycles. The molecular formula is C29H45N5. The molecule has 0 radical (unpaired) electrons. The van der Waals surface area contributed by atoms with Crippen molar-refractivity contribution in [3.05, 3.63) is 65.0 Å². The predicted molar refractivity (Wildman–Crippen MR) is 147 cm³/mol. The maximum atomic E-state index is 4.54. The molecular weight excluding hydrogens is 418 g/mol. The van der Waals surface area contributed by atoms with Gasteiger partial charge in [0.25, 0.3) is 0 Å². The Kier molecular flexibility index (Phi) is 9.01. The van der Waals surface area contributed by atoms with Gasteiger partial charge in [-0.1, -0.05) is 32.2 Å². The fourth-order valence-corrected chi connectivity index (χ4v) is 5.12. The SMILES string of the molecule is C=C(C)N=C(C)N1CCN(C(=C)c2cc(CN3CCN(/C(C)=C/CC)CC3)c(C)cc2C)CC1. The number of nitrogens with zero attached hydrogens (tertiary/aromatic N) is 5. The standard InChI is InChI=1S/C29H45N5/c1-9-10-25(6)32-13-11-31(12-14-32)21-28-20-29(24(5)19-23(28)4)26(7)33-15-17-34(18-16-33)27(8)30-22(2)3/h10,19-20H,2,7,9,11-18,21H2,1,3-6,8H3/b25-10+,30-27?. The van der Waals surface area contributed by atoms with Gasteiger partial charge in [-0.2, -0.15) is 0 Å². The van der Waals surface area contributed by atoms with E-state index >= 15 is 0 Å². The molecule has 0 bridgehead atoms. The number of aliphatic imine (C=N–C) groups is 1. The van der Waals surface area contributed by atoms with Crippen LogP contribution in [0, 0.1) is 13.8 Å². The predicted octanol–water partition coefficient (Wildman–Crippen LogP) is 5.28. The average molecular weight is 464 g/mol. The van der Waals surface area contributed by atoms with Crippen molar-refractivity contribution in [3.63, 3.8) is 0 Å². The third-order valence-electron chi connectivity index (χ3n) is 7.23. The summed E-state index contributed by atoms with van der Waals surface area (Å²) in [5.41, 5.74) is 8.86. The van der Waals surface area contributed by atoms with Gasteiger partial charge in [0, 0.05) is 81.6 Å². The summed E-state index contributed by atoms with van der Waals surface area (Å²) in [6.45, 7) is 30.8. The number of piperazine rings is 2. The molecule has 0 N–H and O–H groups in total. The molecule has 1 aromatic rings. The van der Waals surface area contributed by atoms with Gasteiger partial charge in [-0.3, -0.25) is 4.90 Å². The van der Waals surface area contributed by atoms with Crippen molar-refractivity contribution in [2.45, 2.75) is 54.5 Å². The molecule has 0 amide bonds. The third-order valence-corrected chi connectivity index (χ3v) is 7.23. The number of amidine groups is 1. The van der Waals surface area contributed by atoms with E-state index in [9.17, 15) is 0 Å². The zero-order valence-corrected chi connectivity index (χ0v) is 22.5. The third kappa shape index (κ3) is 6.53. The quantitative estimate of drug-likeness (QED) is 0.406. The van der Waals surface area contributed by atoms with Crippen LogP contribution in [0.15, 0.2) is 47.8 Å². The molecule has 0 atom stereocenters. The molecule has 5 nitrogen and oxygen atoms in total. The Morgan fingerprint density at radius 3 is 2.03 bits per heavy atom. The van der Waals surface area contributed by atoms with Crippen LogP contribution in [0.25, 0.3) is 5.70 Å². The minimum Gasteiger partial charge on any atom is -0.373 e. The second kappa shape index (κ2) is 11.7. The molecule has 3 rings (SSSR count). The largest absolute Gasteiger partial charge is 0.373 e. The summed E-state index contributed by atoms with van der Waals surface area (Å²) >= 11 is 0. The van der Waals surface area contributed by atoms with Crippen LogP contribution < -0.4 is 0 Å². The highest BCUT2D eigenvalue weighted by molar-refractivity contribution is 5.81. The van der Waals surface area contributed by atoms with E-state index in [1.807, 2.05) is 6.92 Å². The van der Waals surface area contributed by atoms with Crippen LogP contribution in [0.2, 0.25) is 0 Å². The summed E-state index contributed by atoms with van der Waals surface area (Å²) in [5.74, 6) is 1.06. The molecule has 186 valence electrons. The smallest absolute Gasteiger partial charge is 0.101 e. The van der Waals surface area contributed by atoms with E-state index in [1.54, 1.807) is 0 Å². The Morgan fingerprint density at radius 2 is 1.44 bits per heavy atom. The van der Waals surface area contributed by atoms with Gasteiger partial charge in [0.05, 0.1) is 0 Å². The van der Waals surface area contributed by atoms with Crippen molar-refractivity contribution >= 4 is 11.5 Å². The molecule has 2 heterocycles. The second-order valence-electron chi connectivity index (χ2n) is 9.93. The van der Waals surface area contributed by atoms with Gasteiger partial charge >= 0.3 is 0 Å². The van der Waals surface area contributed by atoms with Crippen LogP contribution in [0.5, 0.6) is 0 Å². The van der Waals surface area contributed by atoms with Crippen LogP contribution in [-0.2, 0) is 6.54 Å². The topological polar surface area (TPSA) is 25.3 Å². The molecule has 5 heteroatoms. The van der Waals surface area contributed by atoms with Crippen molar-refractivity contribution in [1.82, 2.24) is 19.6 Å². The maximum Gasteiger partial charge on any atom is 0.101 e. The molecule has 0 saturated carbocycles. The van der Waals surface area contributed by atoms with Crippen molar-refractivity contribution in [2.75, 3.05) is 52.4 Å². The van der Waals surface area contributed by atoms with E-state index in [0.29, 0.717) is 0 Å². The van der Waals surface area contributed by atoms with E-state index in [4.69, 9.17) is 0 Å². The summed E-state index contributed by atoms with van der Waals surface area (Å²) in [6, 6.07) is 4.75. The van der Waals surface area contributed by atoms with Gasteiger partial charge in [0.1, 0.15) is 5.84 Å². The number of hydrogen-bond acceptors (Lipinski definition) is 4. The van der Waals surface area contributed by atoms with E-state index in [1.165, 1.54) is 28.0 Å². The fourth-order valence-electron chi connectivity index (χ4n) is 5.12. The summed E-state index contributed by atoms with van der Waals surface area (Å²) < 4.78 is 0. The lowest BCUT2D eigenvalue weighted by molar-refractivity contribution is 0.152. The lowest BCUT2D eigenvalue weighted by Crippen LogP contribution is -2.47. The van der Waals surface area contributed by atoms with Crippen LogP contribution in [0.3, 0.4) is 0 Å². The summed E-state index contributed by atoms with van der Waals surface area (Å²) in [4.78, 5) is 14.5. The van der Waals surface area contributed by atoms with Crippen molar-refractivity contribution in [3.8, 4) is 0 Å². The minimum absolute atomic E-state index is 0.862. The first-order chi connectivity index (χ1) is 16.2. The Hall–Kier alpha value is -2.53. The zero-order valence-electron chi connectivity index (χ0n) is 22.5.